The van der Waals surface area contributed by atoms with Gasteiger partial charge in [-0.2, -0.15) is 0 Å². The average molecular weight is 522 g/mol. The Morgan fingerprint density at radius 1 is 1.08 bits per heavy atom. The second kappa shape index (κ2) is 14.4. The van der Waals surface area contributed by atoms with Crippen molar-refractivity contribution in [2.75, 3.05) is 58.1 Å². The van der Waals surface area contributed by atoms with Gasteiger partial charge in [0.2, 0.25) is 6.41 Å². The van der Waals surface area contributed by atoms with Crippen molar-refractivity contribution >= 4 is 23.8 Å². The lowest BCUT2D eigenvalue weighted by atomic mass is 10.1. The van der Waals surface area contributed by atoms with Crippen LogP contribution in [0.15, 0.2) is 54.7 Å². The number of aromatic nitrogens is 1. The van der Waals surface area contributed by atoms with Gasteiger partial charge in [-0.05, 0) is 54.4 Å². The Labute approximate surface area is 223 Å². The fourth-order valence-corrected chi connectivity index (χ4v) is 3.88. The Bertz CT molecular complexity index is 1210. The summed E-state index contributed by atoms with van der Waals surface area (Å²) in [6, 6.07) is 14.6. The maximum absolute atomic E-state index is 12.8. The number of carbonyl (C=O) groups is 2. The molecule has 0 spiro atoms. The van der Waals surface area contributed by atoms with E-state index in [1.54, 1.807) is 56.6 Å². The van der Waals surface area contributed by atoms with E-state index in [2.05, 4.69) is 20.9 Å². The maximum atomic E-state index is 12.8. The van der Waals surface area contributed by atoms with E-state index in [-0.39, 0.29) is 12.5 Å². The molecule has 1 aliphatic heterocycles. The Hall–Kier alpha value is -4.31. The number of hydrogen-bond donors (Lipinski definition) is 3. The van der Waals surface area contributed by atoms with Crippen LogP contribution in [0.2, 0.25) is 0 Å². The Morgan fingerprint density at radius 2 is 1.87 bits per heavy atom. The number of benzene rings is 2. The van der Waals surface area contributed by atoms with Crippen LogP contribution in [-0.4, -0.2) is 69.6 Å². The predicted octanol–water partition coefficient (Wildman–Crippen LogP) is 3.33. The third-order valence-electron chi connectivity index (χ3n) is 5.89. The van der Waals surface area contributed by atoms with Gasteiger partial charge in [-0.15, -0.1) is 0 Å². The van der Waals surface area contributed by atoms with Gasteiger partial charge < -0.3 is 35.1 Å². The largest absolute Gasteiger partial charge is 0.497 e. The topological polar surface area (TPSA) is 114 Å². The minimum atomic E-state index is -0.0513. The van der Waals surface area contributed by atoms with Crippen LogP contribution in [0.25, 0.3) is 0 Å². The van der Waals surface area contributed by atoms with Crippen molar-refractivity contribution in [1.82, 2.24) is 15.2 Å². The summed E-state index contributed by atoms with van der Waals surface area (Å²) < 4.78 is 16.0. The molecule has 0 atom stereocenters. The minimum absolute atomic E-state index is 0.0513. The lowest BCUT2D eigenvalue weighted by Crippen LogP contribution is -2.46. The Kier molecular flexibility index (Phi) is 10.7. The smallest absolute Gasteiger partial charge is 0.254 e. The molecule has 202 valence electrons. The van der Waals surface area contributed by atoms with Crippen LogP contribution in [0.5, 0.6) is 17.2 Å². The first-order valence-electron chi connectivity index (χ1n) is 12.3. The van der Waals surface area contributed by atoms with Gasteiger partial charge in [0.25, 0.3) is 5.91 Å². The van der Waals surface area contributed by atoms with E-state index in [1.807, 2.05) is 31.2 Å². The summed E-state index contributed by atoms with van der Waals surface area (Å²) >= 11 is 0. The zero-order valence-corrected chi connectivity index (χ0v) is 22.2. The molecule has 2 aromatic carbocycles. The van der Waals surface area contributed by atoms with Gasteiger partial charge in [0.15, 0.2) is 11.6 Å². The number of amides is 2. The van der Waals surface area contributed by atoms with Crippen LogP contribution in [0.4, 0.5) is 11.5 Å². The van der Waals surface area contributed by atoms with Crippen molar-refractivity contribution < 1.29 is 23.8 Å². The zero-order chi connectivity index (χ0) is 27.3. The molecular formula is C28H35N5O5. The number of hydrogen-bond acceptors (Lipinski definition) is 8. The molecule has 10 nitrogen and oxygen atoms in total. The summed E-state index contributed by atoms with van der Waals surface area (Å²) in [6.45, 7) is 5.13. The summed E-state index contributed by atoms with van der Waals surface area (Å²) in [7, 11) is 5.07. The number of pyridine rings is 1. The van der Waals surface area contributed by atoms with Gasteiger partial charge in [0, 0.05) is 56.7 Å². The molecule has 0 unspecified atom stereocenters. The fourth-order valence-electron chi connectivity index (χ4n) is 3.88. The highest BCUT2D eigenvalue weighted by Crippen LogP contribution is 2.24. The molecule has 1 aliphatic rings. The minimum Gasteiger partial charge on any atom is -0.497 e. The molecular weight excluding hydrogens is 486 g/mol. The summed E-state index contributed by atoms with van der Waals surface area (Å²) in [5.41, 5.74) is 2.99. The van der Waals surface area contributed by atoms with E-state index in [1.165, 1.54) is 0 Å². The number of methoxy groups -OCH3 is 2. The molecule has 10 heteroatoms. The van der Waals surface area contributed by atoms with Crippen LogP contribution >= 0.6 is 0 Å². The van der Waals surface area contributed by atoms with Crippen LogP contribution in [0.3, 0.4) is 0 Å². The van der Waals surface area contributed by atoms with Crippen molar-refractivity contribution in [2.24, 2.45) is 0 Å². The lowest BCUT2D eigenvalue weighted by Gasteiger charge is -2.27. The van der Waals surface area contributed by atoms with Gasteiger partial charge in [0.1, 0.15) is 18.1 Å². The molecule has 3 aromatic rings. The first-order chi connectivity index (χ1) is 18.5. The molecule has 38 heavy (non-hydrogen) atoms. The number of ether oxygens (including phenoxy) is 3. The highest BCUT2D eigenvalue weighted by atomic mass is 16.5. The van der Waals surface area contributed by atoms with E-state index in [0.29, 0.717) is 42.3 Å². The second-order valence-electron chi connectivity index (χ2n) is 8.45. The summed E-state index contributed by atoms with van der Waals surface area (Å²) in [6.07, 6.45) is 2.27. The number of nitrogens with one attached hydrogen (secondary N) is 3. The van der Waals surface area contributed by atoms with E-state index >= 15 is 0 Å². The molecule has 0 saturated carbocycles. The predicted molar refractivity (Wildman–Crippen MR) is 147 cm³/mol. The van der Waals surface area contributed by atoms with E-state index in [9.17, 15) is 9.59 Å². The van der Waals surface area contributed by atoms with Gasteiger partial charge >= 0.3 is 0 Å². The SMILES string of the molecule is CNc1ncccc1OCc1cc(NC=O)cc(C(=O)N2CCNCC2)c1.COc1ccc(C)c(OC)c1. The number of piperazine rings is 1. The first kappa shape index (κ1) is 28.3. The molecule has 3 N–H and O–H groups in total. The second-order valence-corrected chi connectivity index (χ2v) is 8.45. The van der Waals surface area contributed by atoms with E-state index in [4.69, 9.17) is 14.2 Å². The molecule has 2 amide bonds. The molecule has 1 fully saturated rings. The van der Waals surface area contributed by atoms with E-state index < -0.39 is 0 Å². The molecule has 0 radical (unpaired) electrons. The summed E-state index contributed by atoms with van der Waals surface area (Å²) in [4.78, 5) is 29.7. The van der Waals surface area contributed by atoms with Gasteiger partial charge in [-0.25, -0.2) is 4.98 Å². The van der Waals surface area contributed by atoms with Crippen molar-refractivity contribution in [3.05, 3.63) is 71.4 Å². The highest BCUT2D eigenvalue weighted by Gasteiger charge is 2.19. The standard InChI is InChI=1S/C19H23N5O3.C9H12O2/c1-20-18-17(3-2-4-22-18)27-12-14-9-15(11-16(10-14)23-13-25)19(26)24-7-5-21-6-8-24;1-7-4-5-8(10-2)6-9(7)11-3/h2-4,9-11,13,21H,5-8,12H2,1H3,(H,20,22)(H,23,25);4-6H,1-3H3. The maximum Gasteiger partial charge on any atom is 0.254 e. The van der Waals surface area contributed by atoms with Crippen molar-refractivity contribution in [2.45, 2.75) is 13.5 Å². The number of anilines is 2. The molecule has 0 aliphatic carbocycles. The van der Waals surface area contributed by atoms with Crippen molar-refractivity contribution in [1.29, 1.82) is 0 Å². The Morgan fingerprint density at radius 3 is 2.55 bits per heavy atom. The quantitative estimate of drug-likeness (QED) is 0.368. The molecule has 1 saturated heterocycles. The van der Waals surface area contributed by atoms with Gasteiger partial charge in [-0.3, -0.25) is 9.59 Å². The molecule has 0 bridgehead atoms. The first-order valence-corrected chi connectivity index (χ1v) is 12.3. The van der Waals surface area contributed by atoms with Crippen LogP contribution in [0.1, 0.15) is 21.5 Å². The summed E-state index contributed by atoms with van der Waals surface area (Å²) in [5.74, 6) is 2.89. The number of aryl methyl sites for hydroxylation is 1. The van der Waals surface area contributed by atoms with Crippen LogP contribution < -0.4 is 30.2 Å². The van der Waals surface area contributed by atoms with Crippen molar-refractivity contribution in [3.8, 4) is 17.2 Å². The summed E-state index contributed by atoms with van der Waals surface area (Å²) in [5, 5.41) is 8.83. The monoisotopic (exact) mass is 521 g/mol. The molecule has 4 rings (SSSR count). The molecule has 1 aromatic heterocycles. The lowest BCUT2D eigenvalue weighted by molar-refractivity contribution is -0.105. The third-order valence-corrected chi connectivity index (χ3v) is 5.89. The highest BCUT2D eigenvalue weighted by molar-refractivity contribution is 5.96. The molecule has 2 heterocycles. The van der Waals surface area contributed by atoms with Gasteiger partial charge in [0.05, 0.1) is 14.2 Å². The van der Waals surface area contributed by atoms with Crippen LogP contribution in [0, 0.1) is 6.92 Å². The Balaban J connectivity index is 0.000000304. The number of carbonyl (C=O) groups excluding carboxylic acids is 2. The van der Waals surface area contributed by atoms with Crippen molar-refractivity contribution in [3.63, 3.8) is 0 Å². The number of nitrogens with zero attached hydrogens (tertiary/aromatic N) is 2. The fraction of sp³-hybridized carbons (Fsp3) is 0.321. The van der Waals surface area contributed by atoms with E-state index in [0.717, 1.165) is 35.7 Å². The number of rotatable bonds is 9. The zero-order valence-electron chi connectivity index (χ0n) is 22.2. The average Bonchev–Trinajstić information content (AvgIpc) is 2.97. The van der Waals surface area contributed by atoms with Crippen LogP contribution in [-0.2, 0) is 11.4 Å². The third kappa shape index (κ3) is 7.84. The normalized spacial score (nSPS) is 12.5. The van der Waals surface area contributed by atoms with Gasteiger partial charge in [-0.1, -0.05) is 6.07 Å².